The minimum absolute atomic E-state index is 0.515. The first kappa shape index (κ1) is 8.05. The van der Waals surface area contributed by atoms with E-state index in [4.69, 9.17) is 16.0 Å². The second kappa shape index (κ2) is 3.05. The fraction of sp³-hybridized carbons (Fsp3) is 0.750. The van der Waals surface area contributed by atoms with Gasteiger partial charge in [0.15, 0.2) is 0 Å². The van der Waals surface area contributed by atoms with Gasteiger partial charge in [0.25, 0.3) is 0 Å². The summed E-state index contributed by atoms with van der Waals surface area (Å²) in [7, 11) is 0. The zero-order valence-corrected chi connectivity index (χ0v) is 7.71. The molecule has 0 amide bonds. The molecule has 1 aromatic heterocycles. The summed E-state index contributed by atoms with van der Waals surface area (Å²) in [6.45, 7) is 2.19. The Balaban J connectivity index is 2.04. The van der Waals surface area contributed by atoms with Gasteiger partial charge in [-0.25, -0.2) is 0 Å². The molecule has 0 aromatic carbocycles. The molecule has 1 saturated carbocycles. The van der Waals surface area contributed by atoms with Crippen molar-refractivity contribution in [2.75, 3.05) is 5.88 Å². The lowest BCUT2D eigenvalue weighted by molar-refractivity contribution is 0.451. The van der Waals surface area contributed by atoms with Gasteiger partial charge in [-0.15, -0.1) is 21.8 Å². The van der Waals surface area contributed by atoms with Crippen LogP contribution >= 0.6 is 11.6 Å². The molecular weight excluding hydrogens is 176 g/mol. The zero-order valence-electron chi connectivity index (χ0n) is 6.96. The molecule has 1 aromatic rings. The maximum absolute atomic E-state index is 5.54. The molecule has 0 spiro atoms. The Labute approximate surface area is 76.1 Å². The van der Waals surface area contributed by atoms with E-state index in [0.717, 1.165) is 5.89 Å². The Bertz CT molecular complexity index is 274. The summed E-state index contributed by atoms with van der Waals surface area (Å²) < 4.78 is 5.41. The summed E-state index contributed by atoms with van der Waals surface area (Å²) in [6, 6.07) is 0. The third-order valence-electron chi connectivity index (χ3n) is 2.22. The maximum atomic E-state index is 5.54. The summed E-state index contributed by atoms with van der Waals surface area (Å²) in [4.78, 5) is 0. The van der Waals surface area contributed by atoms with Gasteiger partial charge in [-0.3, -0.25) is 0 Å². The summed E-state index contributed by atoms with van der Waals surface area (Å²) in [5.74, 6) is 3.24. The number of hydrogen-bond acceptors (Lipinski definition) is 3. The van der Waals surface area contributed by atoms with Gasteiger partial charge in [-0.2, -0.15) is 0 Å². The molecule has 1 fully saturated rings. The lowest BCUT2D eigenvalue weighted by Gasteiger charge is -1.86. The van der Waals surface area contributed by atoms with E-state index in [-0.39, 0.29) is 0 Å². The van der Waals surface area contributed by atoms with E-state index in [1.54, 1.807) is 0 Å². The number of rotatable bonds is 3. The van der Waals surface area contributed by atoms with Crippen molar-refractivity contribution in [3.63, 3.8) is 0 Å². The molecule has 4 heteroatoms. The highest BCUT2D eigenvalue weighted by atomic mass is 35.5. The van der Waals surface area contributed by atoms with Crippen molar-refractivity contribution in [1.82, 2.24) is 10.2 Å². The smallest absolute Gasteiger partial charge is 0.219 e. The third-order valence-corrected chi connectivity index (χ3v) is 2.41. The molecule has 2 atom stereocenters. The zero-order chi connectivity index (χ0) is 8.55. The van der Waals surface area contributed by atoms with E-state index in [0.29, 0.717) is 30.0 Å². The van der Waals surface area contributed by atoms with Crippen LogP contribution in [0.25, 0.3) is 0 Å². The molecule has 0 radical (unpaired) electrons. The van der Waals surface area contributed by atoms with Gasteiger partial charge in [-0.1, -0.05) is 6.92 Å². The largest absolute Gasteiger partial charge is 0.425 e. The van der Waals surface area contributed by atoms with Crippen molar-refractivity contribution in [1.29, 1.82) is 0 Å². The van der Waals surface area contributed by atoms with Crippen LogP contribution in [-0.2, 0) is 6.42 Å². The van der Waals surface area contributed by atoms with Gasteiger partial charge in [-0.05, 0) is 12.3 Å². The average Bonchev–Trinajstić information content (AvgIpc) is 2.62. The molecule has 1 aliphatic rings. The van der Waals surface area contributed by atoms with Crippen molar-refractivity contribution < 1.29 is 4.42 Å². The lowest BCUT2D eigenvalue weighted by Crippen LogP contribution is -1.84. The van der Waals surface area contributed by atoms with Crippen LogP contribution in [0, 0.1) is 5.92 Å². The van der Waals surface area contributed by atoms with Gasteiger partial charge >= 0.3 is 0 Å². The van der Waals surface area contributed by atoms with Crippen LogP contribution in [0.1, 0.15) is 31.0 Å². The highest BCUT2D eigenvalue weighted by molar-refractivity contribution is 6.17. The second-order valence-corrected chi connectivity index (χ2v) is 3.67. The van der Waals surface area contributed by atoms with Crippen molar-refractivity contribution >= 4 is 11.6 Å². The van der Waals surface area contributed by atoms with Crippen molar-refractivity contribution in [2.24, 2.45) is 5.92 Å². The van der Waals surface area contributed by atoms with Crippen molar-refractivity contribution in [2.45, 2.75) is 25.7 Å². The van der Waals surface area contributed by atoms with Crippen molar-refractivity contribution in [3.8, 4) is 0 Å². The van der Waals surface area contributed by atoms with E-state index in [2.05, 4.69) is 17.1 Å². The number of aromatic nitrogens is 2. The van der Waals surface area contributed by atoms with Gasteiger partial charge < -0.3 is 4.42 Å². The topological polar surface area (TPSA) is 38.9 Å². The summed E-state index contributed by atoms with van der Waals surface area (Å²) in [5.41, 5.74) is 0. The fourth-order valence-corrected chi connectivity index (χ4v) is 1.43. The highest BCUT2D eigenvalue weighted by Crippen LogP contribution is 2.46. The van der Waals surface area contributed by atoms with Crippen LogP contribution in [0.5, 0.6) is 0 Å². The Morgan fingerprint density at radius 1 is 1.58 bits per heavy atom. The van der Waals surface area contributed by atoms with Crippen LogP contribution in [0.3, 0.4) is 0 Å². The summed E-state index contributed by atoms with van der Waals surface area (Å²) >= 11 is 5.54. The quantitative estimate of drug-likeness (QED) is 0.678. The first-order valence-electron chi connectivity index (χ1n) is 4.19. The first-order valence-corrected chi connectivity index (χ1v) is 4.73. The summed E-state index contributed by atoms with van der Waals surface area (Å²) in [5, 5.41) is 7.87. The van der Waals surface area contributed by atoms with Gasteiger partial charge in [0.1, 0.15) is 0 Å². The normalized spacial score (nSPS) is 27.5. The minimum Gasteiger partial charge on any atom is -0.425 e. The highest BCUT2D eigenvalue weighted by Gasteiger charge is 2.38. The third kappa shape index (κ3) is 1.46. The van der Waals surface area contributed by atoms with Gasteiger partial charge in [0, 0.05) is 18.2 Å². The molecular formula is C8H11ClN2O. The molecule has 2 unspecified atom stereocenters. The number of aryl methyl sites for hydroxylation is 1. The molecule has 0 aliphatic heterocycles. The van der Waals surface area contributed by atoms with Crippen LogP contribution in [0.15, 0.2) is 4.42 Å². The molecule has 1 aliphatic carbocycles. The monoisotopic (exact) mass is 186 g/mol. The Kier molecular flexibility index (Phi) is 2.05. The number of halogens is 1. The number of nitrogens with zero attached hydrogens (tertiary/aromatic N) is 2. The molecule has 0 bridgehead atoms. The van der Waals surface area contributed by atoms with Crippen LogP contribution in [-0.4, -0.2) is 16.1 Å². The van der Waals surface area contributed by atoms with Crippen LogP contribution < -0.4 is 0 Å². The number of alkyl halides is 1. The summed E-state index contributed by atoms with van der Waals surface area (Å²) in [6.07, 6.45) is 1.86. The van der Waals surface area contributed by atoms with Gasteiger partial charge in [0.05, 0.1) is 0 Å². The van der Waals surface area contributed by atoms with E-state index >= 15 is 0 Å². The average molecular weight is 187 g/mol. The maximum Gasteiger partial charge on any atom is 0.219 e. The molecule has 66 valence electrons. The predicted octanol–water partition coefficient (Wildman–Crippen LogP) is 1.97. The molecule has 0 N–H and O–H groups in total. The van der Waals surface area contributed by atoms with Crippen LogP contribution in [0.4, 0.5) is 0 Å². The minimum atomic E-state index is 0.515. The van der Waals surface area contributed by atoms with Crippen LogP contribution in [0.2, 0.25) is 0 Å². The lowest BCUT2D eigenvalue weighted by atomic mass is 10.3. The second-order valence-electron chi connectivity index (χ2n) is 3.29. The molecule has 12 heavy (non-hydrogen) atoms. The van der Waals surface area contributed by atoms with E-state index in [1.165, 1.54) is 6.42 Å². The number of hydrogen-bond donors (Lipinski definition) is 0. The van der Waals surface area contributed by atoms with E-state index in [1.807, 2.05) is 0 Å². The van der Waals surface area contributed by atoms with Gasteiger partial charge in [0.2, 0.25) is 11.8 Å². The SMILES string of the molecule is CC1CC1c1nnc(CCCl)o1. The molecule has 2 rings (SSSR count). The van der Waals surface area contributed by atoms with E-state index < -0.39 is 0 Å². The standard InChI is InChI=1S/C8H11ClN2O/c1-5-4-6(5)8-11-10-7(12-8)2-3-9/h5-6H,2-4H2,1H3. The molecule has 1 heterocycles. The Morgan fingerprint density at radius 3 is 2.92 bits per heavy atom. The molecule has 3 nitrogen and oxygen atoms in total. The Morgan fingerprint density at radius 2 is 2.33 bits per heavy atom. The first-order chi connectivity index (χ1) is 5.81. The van der Waals surface area contributed by atoms with Crippen molar-refractivity contribution in [3.05, 3.63) is 11.8 Å². The molecule has 0 saturated heterocycles. The predicted molar refractivity (Wildman–Crippen MR) is 45.2 cm³/mol. The van der Waals surface area contributed by atoms with E-state index in [9.17, 15) is 0 Å². The Hall–Kier alpha value is -0.570. The fourth-order valence-electron chi connectivity index (χ4n) is 1.26.